The van der Waals surface area contributed by atoms with Crippen LogP contribution in [0.15, 0.2) is 41.5 Å². The van der Waals surface area contributed by atoms with Crippen molar-refractivity contribution in [3.63, 3.8) is 0 Å². The maximum Gasteiger partial charge on any atom is 0.328 e. The average molecular weight is 392 g/mol. The van der Waals surface area contributed by atoms with Gasteiger partial charge < -0.3 is 10.8 Å². The molecule has 0 bridgehead atoms. The van der Waals surface area contributed by atoms with E-state index in [0.717, 1.165) is 16.1 Å². The van der Waals surface area contributed by atoms with Gasteiger partial charge in [0.25, 0.3) is 6.08 Å². The van der Waals surface area contributed by atoms with Gasteiger partial charge >= 0.3 is 5.97 Å². The Kier molecular flexibility index (Phi) is 5.30. The molecule has 1 aliphatic heterocycles. The highest BCUT2D eigenvalue weighted by Gasteiger charge is 2.39. The van der Waals surface area contributed by atoms with Crippen LogP contribution in [-0.2, 0) is 16.1 Å². The van der Waals surface area contributed by atoms with Gasteiger partial charge in [0.15, 0.2) is 6.04 Å². The maximum atomic E-state index is 11.8. The fourth-order valence-electron chi connectivity index (χ4n) is 3.28. The van der Waals surface area contributed by atoms with Crippen LogP contribution in [0.3, 0.4) is 0 Å². The van der Waals surface area contributed by atoms with Gasteiger partial charge in [-0.3, -0.25) is 0 Å². The quantitative estimate of drug-likeness (QED) is 0.613. The molecule has 0 saturated heterocycles. The molecule has 0 radical (unpaired) electrons. The summed E-state index contributed by atoms with van der Waals surface area (Å²) >= 11 is 12.5. The van der Waals surface area contributed by atoms with Crippen molar-refractivity contribution in [1.82, 2.24) is 0 Å². The predicted octanol–water partition coefficient (Wildman–Crippen LogP) is 3.50. The minimum Gasteiger partial charge on any atom is -0.480 e. The monoisotopic (exact) mass is 391 g/mol. The Balaban J connectivity index is 2.21. The summed E-state index contributed by atoms with van der Waals surface area (Å²) in [6.07, 6.45) is 1.60. The third-order valence-electron chi connectivity index (χ3n) is 4.47. The topological polar surface area (TPSA) is 96.0 Å². The van der Waals surface area contributed by atoms with Crippen molar-refractivity contribution >= 4 is 40.9 Å². The fourth-order valence-corrected chi connectivity index (χ4v) is 3.89. The largest absolute Gasteiger partial charge is 0.480 e. The molecule has 0 unspecified atom stereocenters. The van der Waals surface area contributed by atoms with Gasteiger partial charge in [0.2, 0.25) is 0 Å². The Morgan fingerprint density at radius 1 is 1.31 bits per heavy atom. The molecular formula is C18H15Cl2N3O3. The number of hydrogen-bond acceptors (Lipinski definition) is 5. The Labute approximate surface area is 159 Å². The molecule has 26 heavy (non-hydrogen) atoms. The second-order valence-electron chi connectivity index (χ2n) is 5.94. The lowest BCUT2D eigenvalue weighted by atomic mass is 9.81. The molecule has 0 aliphatic carbocycles. The number of carboxylic acid groups (broad SMARTS) is 1. The molecule has 2 atom stereocenters. The number of carbonyl (C=O) groups is 1. The molecule has 3 rings (SSSR count). The number of rotatable bonds is 4. The molecule has 0 saturated carbocycles. The van der Waals surface area contributed by atoms with Gasteiger partial charge in [0.05, 0.1) is 5.69 Å². The number of benzene rings is 2. The van der Waals surface area contributed by atoms with Crippen molar-refractivity contribution in [2.45, 2.75) is 24.9 Å². The van der Waals surface area contributed by atoms with E-state index in [4.69, 9.17) is 28.9 Å². The summed E-state index contributed by atoms with van der Waals surface area (Å²) in [5.41, 5.74) is 8.56. The predicted molar refractivity (Wildman–Crippen MR) is 99.3 cm³/mol. The minimum absolute atomic E-state index is 0.191. The number of nitrogens with zero attached hydrogens (tertiary/aromatic N) is 2. The van der Waals surface area contributed by atoms with E-state index < -0.39 is 12.0 Å². The first-order valence-corrected chi connectivity index (χ1v) is 8.59. The zero-order chi connectivity index (χ0) is 18.8. The van der Waals surface area contributed by atoms with Gasteiger partial charge in [-0.2, -0.15) is 0 Å². The molecule has 8 heteroatoms. The lowest BCUT2D eigenvalue weighted by Crippen LogP contribution is -2.43. The molecule has 0 spiro atoms. The van der Waals surface area contributed by atoms with E-state index in [1.165, 1.54) is 6.08 Å². The number of carbonyl (C=O) groups excluding carboxylic acids is 1. The Morgan fingerprint density at radius 3 is 2.58 bits per heavy atom. The number of anilines is 1. The number of carboxylic acids is 1. The molecule has 134 valence electrons. The first-order valence-electron chi connectivity index (χ1n) is 7.84. The van der Waals surface area contributed by atoms with E-state index in [2.05, 4.69) is 5.10 Å². The summed E-state index contributed by atoms with van der Waals surface area (Å²) in [6.45, 7) is 0.414. The van der Waals surface area contributed by atoms with Crippen LogP contribution in [0.25, 0.3) is 0 Å². The van der Waals surface area contributed by atoms with Crippen LogP contribution < -0.4 is 10.7 Å². The number of aliphatic carboxylic acids is 1. The van der Waals surface area contributed by atoms with E-state index in [0.29, 0.717) is 27.8 Å². The molecule has 0 aromatic heterocycles. The second-order valence-corrected chi connectivity index (χ2v) is 6.79. The van der Waals surface area contributed by atoms with Gasteiger partial charge in [-0.05, 0) is 29.7 Å². The van der Waals surface area contributed by atoms with Crippen LogP contribution in [0, 0.1) is 0 Å². The Hall–Kier alpha value is -2.37. The van der Waals surface area contributed by atoms with Gasteiger partial charge in [0, 0.05) is 28.1 Å². The van der Waals surface area contributed by atoms with Crippen molar-refractivity contribution in [2.75, 3.05) is 5.01 Å². The molecule has 0 amide bonds. The fraction of sp³-hybridized carbons (Fsp3) is 0.222. The third kappa shape index (κ3) is 3.32. The van der Waals surface area contributed by atoms with Crippen LogP contribution in [0.5, 0.6) is 0 Å². The molecule has 2 aromatic carbocycles. The first-order chi connectivity index (χ1) is 12.5. The van der Waals surface area contributed by atoms with Gasteiger partial charge in [-0.25, -0.2) is 14.6 Å². The first kappa shape index (κ1) is 18.4. The number of hydrogen-bond donors (Lipinski definition) is 2. The number of isocyanates is 1. The van der Waals surface area contributed by atoms with Crippen LogP contribution in [0.2, 0.25) is 10.0 Å². The summed E-state index contributed by atoms with van der Waals surface area (Å²) in [5.74, 6) is -1.39. The van der Waals surface area contributed by atoms with Crippen molar-refractivity contribution in [3.8, 4) is 0 Å². The highest BCUT2D eigenvalue weighted by Crippen LogP contribution is 2.47. The van der Waals surface area contributed by atoms with Gasteiger partial charge in [0.1, 0.15) is 0 Å². The lowest BCUT2D eigenvalue weighted by Gasteiger charge is -2.37. The molecule has 6 nitrogen and oxygen atoms in total. The van der Waals surface area contributed by atoms with Crippen LogP contribution in [-0.4, -0.2) is 23.2 Å². The van der Waals surface area contributed by atoms with Crippen LogP contribution in [0.1, 0.15) is 29.0 Å². The number of nitrogens with two attached hydrogens (primary N) is 1. The number of fused-ring (bicyclic) bond motifs is 1. The standard InChI is InChI=1S/C18H15Cl2N3O3/c19-12-5-14(20)17-13(11-3-1-10(8-21)2-4-11)7-16(18(25)26)23(22-9-24)15(17)6-12/h1-6,13,16H,7-8,21H2,(H,25,26)/t13-,16-/m1/s1. The molecule has 0 fully saturated rings. The third-order valence-corrected chi connectivity index (χ3v) is 5.00. The zero-order valence-electron chi connectivity index (χ0n) is 13.5. The smallest absolute Gasteiger partial charge is 0.328 e. The zero-order valence-corrected chi connectivity index (χ0v) is 15.0. The van der Waals surface area contributed by atoms with E-state index >= 15 is 0 Å². The van der Waals surface area contributed by atoms with Crippen molar-refractivity contribution in [2.24, 2.45) is 10.8 Å². The van der Waals surface area contributed by atoms with E-state index in [9.17, 15) is 14.7 Å². The summed E-state index contributed by atoms with van der Waals surface area (Å²) in [5, 5.41) is 15.0. The van der Waals surface area contributed by atoms with Gasteiger partial charge in [-0.15, -0.1) is 0 Å². The summed E-state index contributed by atoms with van der Waals surface area (Å²) in [7, 11) is 0. The molecule has 1 aliphatic rings. The van der Waals surface area contributed by atoms with Crippen molar-refractivity contribution in [3.05, 3.63) is 63.1 Å². The number of hydrazone groups is 1. The second kappa shape index (κ2) is 7.48. The maximum absolute atomic E-state index is 11.8. The SMILES string of the molecule is NCc1ccc([C@H]2C[C@H](C(=O)O)N(N=C=O)c3cc(Cl)cc(Cl)c32)cc1. The molecular weight excluding hydrogens is 377 g/mol. The van der Waals surface area contributed by atoms with Crippen molar-refractivity contribution < 1.29 is 14.7 Å². The van der Waals surface area contributed by atoms with E-state index in [1.807, 2.05) is 24.3 Å². The minimum atomic E-state index is -1.10. The highest BCUT2D eigenvalue weighted by atomic mass is 35.5. The molecule has 1 heterocycles. The van der Waals surface area contributed by atoms with Crippen molar-refractivity contribution in [1.29, 1.82) is 0 Å². The van der Waals surface area contributed by atoms with Crippen LogP contribution in [0.4, 0.5) is 5.69 Å². The average Bonchev–Trinajstić information content (AvgIpc) is 2.62. The summed E-state index contributed by atoms with van der Waals surface area (Å²) in [6, 6.07) is 9.69. The summed E-state index contributed by atoms with van der Waals surface area (Å²) < 4.78 is 0. The lowest BCUT2D eigenvalue weighted by molar-refractivity contribution is -0.139. The Morgan fingerprint density at radius 2 is 2.00 bits per heavy atom. The molecule has 2 aromatic rings. The van der Waals surface area contributed by atoms with E-state index in [1.54, 1.807) is 12.1 Å². The molecule has 3 N–H and O–H groups in total. The van der Waals surface area contributed by atoms with E-state index in [-0.39, 0.29) is 12.3 Å². The Bertz CT molecular complexity index is 895. The van der Waals surface area contributed by atoms with Gasteiger partial charge in [-0.1, -0.05) is 52.6 Å². The normalized spacial score (nSPS) is 18.8. The van der Waals surface area contributed by atoms with Crippen LogP contribution >= 0.6 is 23.2 Å². The number of halogens is 2. The summed E-state index contributed by atoms with van der Waals surface area (Å²) in [4.78, 5) is 22.6. The highest BCUT2D eigenvalue weighted by molar-refractivity contribution is 6.35.